The summed E-state index contributed by atoms with van der Waals surface area (Å²) in [6.07, 6.45) is 5.90. The summed E-state index contributed by atoms with van der Waals surface area (Å²) >= 11 is 1.82. The van der Waals surface area contributed by atoms with Crippen molar-refractivity contribution in [2.75, 3.05) is 18.1 Å². The first kappa shape index (κ1) is 16.8. The van der Waals surface area contributed by atoms with E-state index in [4.69, 9.17) is 0 Å². The van der Waals surface area contributed by atoms with E-state index in [0.717, 1.165) is 30.9 Å². The lowest BCUT2D eigenvalue weighted by Crippen LogP contribution is -2.50. The summed E-state index contributed by atoms with van der Waals surface area (Å²) in [5, 5.41) is 13.5. The fraction of sp³-hybridized carbons (Fsp3) is 0.632. The maximum absolute atomic E-state index is 12.3. The molecule has 3 nitrogen and oxygen atoms in total. The smallest absolute Gasteiger partial charge is 0.252 e. The van der Waals surface area contributed by atoms with Crippen LogP contribution in [0.1, 0.15) is 50.0 Å². The molecule has 0 atom stereocenters. The number of hydrogen-bond acceptors (Lipinski definition) is 3. The van der Waals surface area contributed by atoms with E-state index in [1.807, 2.05) is 11.8 Å². The van der Waals surface area contributed by atoms with Gasteiger partial charge in [0.05, 0.1) is 0 Å². The maximum atomic E-state index is 12.3. The predicted molar refractivity (Wildman–Crippen MR) is 95.7 cm³/mol. The van der Waals surface area contributed by atoms with Crippen LogP contribution in [0.25, 0.3) is 0 Å². The van der Waals surface area contributed by atoms with E-state index in [0.29, 0.717) is 24.7 Å². The summed E-state index contributed by atoms with van der Waals surface area (Å²) in [5.74, 6) is 2.84. The molecule has 0 unspecified atom stereocenters. The first-order chi connectivity index (χ1) is 11.2. The van der Waals surface area contributed by atoms with Crippen molar-refractivity contribution >= 4 is 17.7 Å². The minimum absolute atomic E-state index is 0.150. The molecule has 3 rings (SSSR count). The number of amides is 1. The standard InChI is InChI=1S/C19H27NO2S/c21-18(19(22)10-12-23-13-11-19)20-14-15-6-8-17(9-7-15)16-4-2-1-3-5-16/h1-5,15,17,22H,6-14H2,(H,20,21). The van der Waals surface area contributed by atoms with Crippen LogP contribution in [0.5, 0.6) is 0 Å². The van der Waals surface area contributed by atoms with Gasteiger partial charge in [0.25, 0.3) is 5.91 Å². The minimum atomic E-state index is -1.12. The van der Waals surface area contributed by atoms with E-state index in [1.165, 1.54) is 18.4 Å². The first-order valence-corrected chi connectivity index (χ1v) is 9.96. The molecule has 0 bridgehead atoms. The molecule has 1 saturated carbocycles. The molecule has 0 aromatic heterocycles. The van der Waals surface area contributed by atoms with Gasteiger partial charge in [-0.05, 0) is 67.4 Å². The Morgan fingerprint density at radius 3 is 2.43 bits per heavy atom. The van der Waals surface area contributed by atoms with Crippen molar-refractivity contribution in [2.45, 2.75) is 50.0 Å². The monoisotopic (exact) mass is 333 g/mol. The van der Waals surface area contributed by atoms with Gasteiger partial charge in [-0.25, -0.2) is 0 Å². The first-order valence-electron chi connectivity index (χ1n) is 8.81. The van der Waals surface area contributed by atoms with Crippen LogP contribution in [0.3, 0.4) is 0 Å². The Balaban J connectivity index is 1.43. The molecule has 0 spiro atoms. The Hall–Kier alpha value is -1.00. The fourth-order valence-electron chi connectivity index (χ4n) is 3.76. The molecule has 1 aromatic rings. The highest BCUT2D eigenvalue weighted by Gasteiger charge is 2.37. The zero-order valence-electron chi connectivity index (χ0n) is 13.7. The van der Waals surface area contributed by atoms with E-state index in [2.05, 4.69) is 35.6 Å². The van der Waals surface area contributed by atoms with Gasteiger partial charge in [0.1, 0.15) is 5.60 Å². The van der Waals surface area contributed by atoms with E-state index in [1.54, 1.807) is 0 Å². The van der Waals surface area contributed by atoms with Gasteiger partial charge in [0.15, 0.2) is 0 Å². The van der Waals surface area contributed by atoms with E-state index >= 15 is 0 Å². The van der Waals surface area contributed by atoms with Crippen molar-refractivity contribution in [3.8, 4) is 0 Å². The van der Waals surface area contributed by atoms with Crippen molar-refractivity contribution in [3.05, 3.63) is 35.9 Å². The largest absolute Gasteiger partial charge is 0.380 e. The molecule has 2 N–H and O–H groups in total. The van der Waals surface area contributed by atoms with Crippen LogP contribution >= 0.6 is 11.8 Å². The maximum Gasteiger partial charge on any atom is 0.252 e. The molecule has 0 radical (unpaired) electrons. The second-order valence-electron chi connectivity index (χ2n) is 6.98. The number of thioether (sulfide) groups is 1. The molecule has 2 fully saturated rings. The van der Waals surface area contributed by atoms with E-state index < -0.39 is 5.60 Å². The van der Waals surface area contributed by atoms with Crippen molar-refractivity contribution in [1.82, 2.24) is 5.32 Å². The molecular formula is C19H27NO2S. The van der Waals surface area contributed by atoms with Crippen LogP contribution in [0.4, 0.5) is 0 Å². The van der Waals surface area contributed by atoms with E-state index in [9.17, 15) is 9.90 Å². The summed E-state index contributed by atoms with van der Waals surface area (Å²) in [6.45, 7) is 0.718. The summed E-state index contributed by atoms with van der Waals surface area (Å²) in [4.78, 5) is 12.3. The van der Waals surface area contributed by atoms with Crippen LogP contribution in [0.15, 0.2) is 30.3 Å². The number of rotatable bonds is 4. The van der Waals surface area contributed by atoms with Crippen LogP contribution in [-0.2, 0) is 4.79 Å². The summed E-state index contributed by atoms with van der Waals surface area (Å²) in [6, 6.07) is 10.8. The van der Waals surface area contributed by atoms with Crippen LogP contribution in [-0.4, -0.2) is 34.7 Å². The molecule has 1 heterocycles. The normalized spacial score (nSPS) is 27.3. The average Bonchev–Trinajstić information content (AvgIpc) is 2.61. The number of nitrogens with one attached hydrogen (secondary N) is 1. The molecule has 1 amide bonds. The summed E-state index contributed by atoms with van der Waals surface area (Å²) < 4.78 is 0. The SMILES string of the molecule is O=C(NCC1CCC(c2ccccc2)CC1)C1(O)CCSCC1. The molecule has 126 valence electrons. The summed E-state index contributed by atoms with van der Waals surface area (Å²) in [5.41, 5.74) is 0.330. The Labute approximate surface area is 143 Å². The number of hydrogen-bond donors (Lipinski definition) is 2. The number of aliphatic hydroxyl groups is 1. The van der Waals surface area contributed by atoms with Crippen LogP contribution in [0.2, 0.25) is 0 Å². The van der Waals surface area contributed by atoms with Gasteiger partial charge in [-0.2, -0.15) is 11.8 Å². The Morgan fingerprint density at radius 2 is 1.78 bits per heavy atom. The predicted octanol–water partition coefficient (Wildman–Crippen LogP) is 3.33. The number of carbonyl (C=O) groups excluding carboxylic acids is 1. The second kappa shape index (κ2) is 7.71. The topological polar surface area (TPSA) is 49.3 Å². The van der Waals surface area contributed by atoms with Gasteiger partial charge >= 0.3 is 0 Å². The van der Waals surface area contributed by atoms with Crippen molar-refractivity contribution in [3.63, 3.8) is 0 Å². The lowest BCUT2D eigenvalue weighted by molar-refractivity contribution is -0.140. The number of carbonyl (C=O) groups is 1. The van der Waals surface area contributed by atoms with Gasteiger partial charge < -0.3 is 10.4 Å². The van der Waals surface area contributed by atoms with Crippen molar-refractivity contribution in [1.29, 1.82) is 0 Å². The Bertz CT molecular complexity index is 505. The highest BCUT2D eigenvalue weighted by atomic mass is 32.2. The zero-order valence-corrected chi connectivity index (χ0v) is 14.5. The van der Waals surface area contributed by atoms with Gasteiger partial charge in [0, 0.05) is 6.54 Å². The van der Waals surface area contributed by atoms with Crippen LogP contribution < -0.4 is 5.32 Å². The quantitative estimate of drug-likeness (QED) is 0.888. The van der Waals surface area contributed by atoms with Gasteiger partial charge in [-0.15, -0.1) is 0 Å². The molecule has 4 heteroatoms. The second-order valence-corrected chi connectivity index (χ2v) is 8.21. The molecule has 1 aliphatic heterocycles. The third-order valence-electron chi connectivity index (χ3n) is 5.41. The molecule has 1 saturated heterocycles. The Morgan fingerprint density at radius 1 is 1.13 bits per heavy atom. The molecular weight excluding hydrogens is 306 g/mol. The fourth-order valence-corrected chi connectivity index (χ4v) is 4.93. The van der Waals surface area contributed by atoms with E-state index in [-0.39, 0.29) is 5.91 Å². The number of benzene rings is 1. The third-order valence-corrected chi connectivity index (χ3v) is 6.40. The van der Waals surface area contributed by atoms with Gasteiger partial charge in [-0.1, -0.05) is 30.3 Å². The molecule has 1 aromatic carbocycles. The van der Waals surface area contributed by atoms with Crippen molar-refractivity contribution in [2.24, 2.45) is 5.92 Å². The molecule has 1 aliphatic carbocycles. The highest BCUT2D eigenvalue weighted by Crippen LogP contribution is 2.35. The zero-order chi connectivity index (χ0) is 16.1. The van der Waals surface area contributed by atoms with Gasteiger partial charge in [0.2, 0.25) is 0 Å². The minimum Gasteiger partial charge on any atom is -0.380 e. The lowest BCUT2D eigenvalue weighted by Gasteiger charge is -2.32. The molecule has 2 aliphatic rings. The highest BCUT2D eigenvalue weighted by molar-refractivity contribution is 7.99. The third kappa shape index (κ3) is 4.30. The molecule has 23 heavy (non-hydrogen) atoms. The van der Waals surface area contributed by atoms with Crippen molar-refractivity contribution < 1.29 is 9.90 Å². The Kier molecular flexibility index (Phi) is 5.65. The average molecular weight is 333 g/mol. The lowest BCUT2D eigenvalue weighted by atomic mass is 9.78. The van der Waals surface area contributed by atoms with Gasteiger partial charge in [-0.3, -0.25) is 4.79 Å². The summed E-state index contributed by atoms with van der Waals surface area (Å²) in [7, 11) is 0. The van der Waals surface area contributed by atoms with Crippen LogP contribution in [0, 0.1) is 5.92 Å².